The molecular weight excluding hydrogens is 266 g/mol. The summed E-state index contributed by atoms with van der Waals surface area (Å²) in [5, 5.41) is 2.75. The van der Waals surface area contributed by atoms with E-state index in [9.17, 15) is 13.2 Å². The molecule has 0 heterocycles. The highest BCUT2D eigenvalue weighted by Crippen LogP contribution is 2.38. The van der Waals surface area contributed by atoms with Crippen molar-refractivity contribution in [3.8, 4) is 0 Å². The minimum atomic E-state index is -3.28. The van der Waals surface area contributed by atoms with Gasteiger partial charge >= 0.3 is 5.97 Å². The Kier molecular flexibility index (Phi) is 5.38. The molecule has 0 radical (unpaired) electrons. The summed E-state index contributed by atoms with van der Waals surface area (Å²) in [7, 11) is -0.205. The van der Waals surface area contributed by atoms with Gasteiger partial charge in [0.1, 0.15) is 0 Å². The van der Waals surface area contributed by atoms with Crippen molar-refractivity contribution in [3.63, 3.8) is 0 Å². The maximum Gasteiger partial charge on any atom is 0.306 e. The Morgan fingerprint density at radius 3 is 2.58 bits per heavy atom. The maximum atomic E-state index is 12.4. The van der Waals surface area contributed by atoms with Gasteiger partial charge in [0, 0.05) is 6.04 Å². The highest BCUT2D eigenvalue weighted by molar-refractivity contribution is 7.92. The Labute approximate surface area is 116 Å². The summed E-state index contributed by atoms with van der Waals surface area (Å²) in [5.41, 5.74) is -0.0456. The van der Waals surface area contributed by atoms with Crippen LogP contribution in [0.3, 0.4) is 0 Å². The number of hydrogen-bond acceptors (Lipinski definition) is 5. The van der Waals surface area contributed by atoms with Crippen LogP contribution in [0.15, 0.2) is 0 Å². The lowest BCUT2D eigenvalue weighted by Crippen LogP contribution is -2.54. The van der Waals surface area contributed by atoms with Gasteiger partial charge in [-0.05, 0) is 25.3 Å². The predicted octanol–water partition coefficient (Wildman–Crippen LogP) is 1.13. The maximum absolute atomic E-state index is 12.4. The van der Waals surface area contributed by atoms with E-state index in [1.807, 2.05) is 0 Å². The first-order valence-corrected chi connectivity index (χ1v) is 8.42. The Hall–Kier alpha value is -0.620. The van der Waals surface area contributed by atoms with E-state index in [1.165, 1.54) is 7.11 Å². The molecule has 0 amide bonds. The third-order valence-electron chi connectivity index (χ3n) is 4.11. The first kappa shape index (κ1) is 16.4. The van der Waals surface area contributed by atoms with Crippen LogP contribution in [-0.4, -0.2) is 45.6 Å². The molecule has 0 spiro atoms. The number of carbonyl (C=O) groups is 1. The van der Waals surface area contributed by atoms with Crippen LogP contribution in [0.4, 0.5) is 0 Å². The zero-order chi connectivity index (χ0) is 14.7. The van der Waals surface area contributed by atoms with Crippen molar-refractivity contribution in [1.29, 1.82) is 0 Å². The zero-order valence-electron chi connectivity index (χ0n) is 12.2. The second-order valence-corrected chi connectivity index (χ2v) is 8.22. The molecule has 1 saturated carbocycles. The molecule has 0 aromatic carbocycles. The van der Waals surface area contributed by atoms with Gasteiger partial charge in [-0.25, -0.2) is 8.42 Å². The average Bonchev–Trinajstić information content (AvgIpc) is 2.34. The third kappa shape index (κ3) is 3.92. The largest absolute Gasteiger partial charge is 0.469 e. The van der Waals surface area contributed by atoms with Crippen molar-refractivity contribution in [2.75, 3.05) is 19.9 Å². The number of carbonyl (C=O) groups excluding carboxylic acids is 1. The minimum absolute atomic E-state index is 0.0456. The first-order chi connectivity index (χ1) is 8.74. The van der Waals surface area contributed by atoms with E-state index in [0.717, 1.165) is 12.8 Å². The van der Waals surface area contributed by atoms with E-state index in [-0.39, 0.29) is 23.6 Å². The van der Waals surface area contributed by atoms with Crippen LogP contribution in [-0.2, 0) is 19.4 Å². The minimum Gasteiger partial charge on any atom is -0.469 e. The number of hydrogen-bond donors (Lipinski definition) is 1. The van der Waals surface area contributed by atoms with Gasteiger partial charge in [0.25, 0.3) is 0 Å². The van der Waals surface area contributed by atoms with Crippen molar-refractivity contribution in [2.24, 2.45) is 5.41 Å². The molecule has 2 unspecified atom stereocenters. The summed E-state index contributed by atoms with van der Waals surface area (Å²) < 4.78 is 29.3. The fourth-order valence-corrected chi connectivity index (χ4v) is 5.23. The van der Waals surface area contributed by atoms with E-state index in [4.69, 9.17) is 0 Å². The highest BCUT2D eigenvalue weighted by Gasteiger charge is 2.43. The number of nitrogens with one attached hydrogen (secondary N) is 1. The number of esters is 1. The number of methoxy groups -OCH3 is 1. The fraction of sp³-hybridized carbons (Fsp3) is 0.923. The van der Waals surface area contributed by atoms with Crippen molar-refractivity contribution >= 4 is 15.8 Å². The summed E-state index contributed by atoms with van der Waals surface area (Å²) in [6.07, 6.45) is 2.53. The standard InChI is InChI=1S/C13H25NO4S/c1-13(2)8-5-6-10(12(13)14-3)19(16,17)9-7-11(15)18-4/h10,12,14H,5-9H2,1-4H3. The number of rotatable bonds is 5. The molecule has 0 aliphatic heterocycles. The number of sulfone groups is 1. The molecule has 1 aliphatic carbocycles. The van der Waals surface area contributed by atoms with Gasteiger partial charge in [-0.15, -0.1) is 0 Å². The third-order valence-corrected chi connectivity index (χ3v) is 6.32. The zero-order valence-corrected chi connectivity index (χ0v) is 13.0. The second-order valence-electron chi connectivity index (χ2n) is 5.88. The van der Waals surface area contributed by atoms with Crippen LogP contribution in [0.25, 0.3) is 0 Å². The van der Waals surface area contributed by atoms with Gasteiger partial charge in [-0.1, -0.05) is 20.3 Å². The van der Waals surface area contributed by atoms with Crippen LogP contribution in [0.1, 0.15) is 39.5 Å². The van der Waals surface area contributed by atoms with Crippen LogP contribution in [0.2, 0.25) is 0 Å². The van der Waals surface area contributed by atoms with Crippen LogP contribution < -0.4 is 5.32 Å². The SMILES string of the molecule is CNC1C(S(=O)(=O)CCC(=O)OC)CCCC1(C)C. The van der Waals surface area contributed by atoms with Crippen LogP contribution >= 0.6 is 0 Å². The smallest absolute Gasteiger partial charge is 0.306 e. The molecule has 1 aliphatic rings. The topological polar surface area (TPSA) is 72.5 Å². The molecule has 1 fully saturated rings. The Morgan fingerprint density at radius 2 is 2.05 bits per heavy atom. The normalized spacial score (nSPS) is 26.9. The lowest BCUT2D eigenvalue weighted by atomic mass is 9.73. The first-order valence-electron chi connectivity index (χ1n) is 6.70. The highest BCUT2D eigenvalue weighted by atomic mass is 32.2. The Morgan fingerprint density at radius 1 is 1.42 bits per heavy atom. The van der Waals surface area contributed by atoms with Crippen molar-refractivity contribution in [3.05, 3.63) is 0 Å². The summed E-state index contributed by atoms with van der Waals surface area (Å²) in [6.45, 7) is 4.19. The van der Waals surface area contributed by atoms with E-state index >= 15 is 0 Å². The molecule has 6 heteroatoms. The van der Waals surface area contributed by atoms with Crippen LogP contribution in [0.5, 0.6) is 0 Å². The van der Waals surface area contributed by atoms with Gasteiger partial charge in [-0.2, -0.15) is 0 Å². The van der Waals surface area contributed by atoms with Gasteiger partial charge in [0.05, 0.1) is 24.5 Å². The molecule has 0 aromatic rings. The quantitative estimate of drug-likeness (QED) is 0.769. The molecular formula is C13H25NO4S. The van der Waals surface area contributed by atoms with E-state index < -0.39 is 21.1 Å². The van der Waals surface area contributed by atoms with Gasteiger partial charge in [0.2, 0.25) is 0 Å². The number of ether oxygens (including phenoxy) is 1. The Balaban J connectivity index is 2.83. The summed E-state index contributed by atoms with van der Waals surface area (Å²) in [4.78, 5) is 11.1. The molecule has 2 atom stereocenters. The summed E-state index contributed by atoms with van der Waals surface area (Å²) in [6, 6.07) is -0.0658. The molecule has 1 N–H and O–H groups in total. The predicted molar refractivity (Wildman–Crippen MR) is 74.7 cm³/mol. The van der Waals surface area contributed by atoms with Crippen molar-refractivity contribution in [2.45, 2.75) is 50.8 Å². The lowest BCUT2D eigenvalue weighted by Gasteiger charge is -2.43. The van der Waals surface area contributed by atoms with Gasteiger partial charge in [-0.3, -0.25) is 4.79 Å². The fourth-order valence-electron chi connectivity index (χ4n) is 3.03. The van der Waals surface area contributed by atoms with E-state index in [2.05, 4.69) is 23.9 Å². The molecule has 1 rings (SSSR count). The van der Waals surface area contributed by atoms with E-state index in [0.29, 0.717) is 6.42 Å². The monoisotopic (exact) mass is 291 g/mol. The summed E-state index contributed by atoms with van der Waals surface area (Å²) in [5.74, 6) is -0.599. The Bertz CT molecular complexity index is 416. The lowest BCUT2D eigenvalue weighted by molar-refractivity contribution is -0.140. The van der Waals surface area contributed by atoms with Gasteiger partial charge in [0.15, 0.2) is 9.84 Å². The molecule has 0 bridgehead atoms. The molecule has 0 saturated heterocycles. The summed E-state index contributed by atoms with van der Waals surface area (Å²) >= 11 is 0. The van der Waals surface area contributed by atoms with Crippen LogP contribution in [0, 0.1) is 5.41 Å². The van der Waals surface area contributed by atoms with Crippen molar-refractivity contribution < 1.29 is 17.9 Å². The van der Waals surface area contributed by atoms with Crippen molar-refractivity contribution in [1.82, 2.24) is 5.32 Å². The molecule has 112 valence electrons. The molecule has 0 aromatic heterocycles. The average molecular weight is 291 g/mol. The molecule has 19 heavy (non-hydrogen) atoms. The van der Waals surface area contributed by atoms with E-state index in [1.54, 1.807) is 7.05 Å². The molecule has 5 nitrogen and oxygen atoms in total. The van der Waals surface area contributed by atoms with Gasteiger partial charge < -0.3 is 10.1 Å². The second kappa shape index (κ2) is 6.22.